The minimum absolute atomic E-state index is 0.241. The number of hydrogen-bond donors (Lipinski definition) is 2. The molecule has 0 heterocycles. The highest BCUT2D eigenvalue weighted by molar-refractivity contribution is 6.17. The van der Waals surface area contributed by atoms with Gasteiger partial charge in [-0.2, -0.15) is 0 Å². The summed E-state index contributed by atoms with van der Waals surface area (Å²) in [5, 5.41) is 5.78. The van der Waals surface area contributed by atoms with Crippen molar-refractivity contribution in [3.8, 4) is 5.75 Å². The van der Waals surface area contributed by atoms with E-state index in [4.69, 9.17) is 4.74 Å². The number of carbonyl (C=O) groups is 2. The second-order valence-electron chi connectivity index (χ2n) is 6.77. The summed E-state index contributed by atoms with van der Waals surface area (Å²) >= 11 is 0. The van der Waals surface area contributed by atoms with Crippen molar-refractivity contribution in [3.05, 3.63) is 53.6 Å². The van der Waals surface area contributed by atoms with Crippen molar-refractivity contribution in [2.75, 3.05) is 17.2 Å². The topological polar surface area (TPSA) is 67.4 Å². The van der Waals surface area contributed by atoms with Crippen LogP contribution in [0.3, 0.4) is 0 Å². The largest absolute Gasteiger partial charge is 0.494 e. The van der Waals surface area contributed by atoms with Crippen molar-refractivity contribution in [1.29, 1.82) is 0 Å². The molecule has 2 aromatic carbocycles. The number of rotatable bonds is 6. The molecule has 2 aromatic rings. The molecule has 5 heteroatoms. The van der Waals surface area contributed by atoms with E-state index in [1.807, 2.05) is 39.0 Å². The van der Waals surface area contributed by atoms with Crippen LogP contribution < -0.4 is 15.4 Å². The number of aryl methyl sites for hydroxylation is 2. The van der Waals surface area contributed by atoms with Gasteiger partial charge in [0.25, 0.3) is 0 Å². The first-order valence-electron chi connectivity index (χ1n) is 8.87. The highest BCUT2D eigenvalue weighted by Crippen LogP contribution is 2.47. The van der Waals surface area contributed by atoms with Crippen LogP contribution in [0.2, 0.25) is 0 Å². The van der Waals surface area contributed by atoms with E-state index in [-0.39, 0.29) is 11.8 Å². The molecule has 136 valence electrons. The first-order valence-corrected chi connectivity index (χ1v) is 8.87. The molecule has 0 bridgehead atoms. The molecule has 0 saturated heterocycles. The maximum Gasteiger partial charge on any atom is 0.240 e. The maximum atomic E-state index is 12.7. The highest BCUT2D eigenvalue weighted by atomic mass is 16.5. The number of ether oxygens (including phenoxy) is 1. The van der Waals surface area contributed by atoms with Crippen LogP contribution in [0.5, 0.6) is 5.75 Å². The smallest absolute Gasteiger partial charge is 0.240 e. The van der Waals surface area contributed by atoms with Gasteiger partial charge in [0.05, 0.1) is 6.61 Å². The van der Waals surface area contributed by atoms with E-state index in [2.05, 4.69) is 10.6 Å². The fraction of sp³-hybridized carbons (Fsp3) is 0.333. The molecule has 2 amide bonds. The molecule has 2 N–H and O–H groups in total. The Hall–Kier alpha value is -2.82. The third kappa shape index (κ3) is 3.72. The van der Waals surface area contributed by atoms with Gasteiger partial charge in [-0.15, -0.1) is 0 Å². The molecule has 0 aliphatic heterocycles. The SMILES string of the molecule is CCOc1ccc(NC(=O)C2(C(=O)Nc3cc(C)ccc3C)CC2)cc1. The molecule has 0 radical (unpaired) electrons. The standard InChI is InChI=1S/C21H24N2O3/c1-4-26-17-9-7-16(8-10-17)22-19(24)21(11-12-21)20(25)23-18-13-14(2)5-6-15(18)3/h5-10,13H,4,11-12H2,1-3H3,(H,22,24)(H,23,25). The quantitative estimate of drug-likeness (QED) is 0.771. The predicted octanol–water partition coefficient (Wildman–Crippen LogP) is 4.06. The summed E-state index contributed by atoms with van der Waals surface area (Å²) in [5.41, 5.74) is 2.48. The molecule has 1 saturated carbocycles. The van der Waals surface area contributed by atoms with Crippen molar-refractivity contribution in [1.82, 2.24) is 0 Å². The van der Waals surface area contributed by atoms with Crippen LogP contribution in [0.1, 0.15) is 30.9 Å². The molecule has 1 fully saturated rings. The first kappa shape index (κ1) is 18.0. The summed E-state index contributed by atoms with van der Waals surface area (Å²) in [6.07, 6.45) is 1.12. The number of nitrogens with one attached hydrogen (secondary N) is 2. The minimum Gasteiger partial charge on any atom is -0.494 e. The lowest BCUT2D eigenvalue weighted by Gasteiger charge is -2.17. The van der Waals surface area contributed by atoms with Gasteiger partial charge in [0.15, 0.2) is 0 Å². The van der Waals surface area contributed by atoms with Gasteiger partial charge in [0.1, 0.15) is 11.2 Å². The predicted molar refractivity (Wildman–Crippen MR) is 102 cm³/mol. The Kier molecular flexibility index (Phi) is 4.98. The van der Waals surface area contributed by atoms with E-state index < -0.39 is 5.41 Å². The van der Waals surface area contributed by atoms with Crippen molar-refractivity contribution in [3.63, 3.8) is 0 Å². The summed E-state index contributed by atoms with van der Waals surface area (Å²) in [7, 11) is 0. The Balaban J connectivity index is 1.68. The van der Waals surface area contributed by atoms with Gasteiger partial charge in [0, 0.05) is 11.4 Å². The second kappa shape index (κ2) is 7.20. The van der Waals surface area contributed by atoms with E-state index in [1.165, 1.54) is 0 Å². The third-order valence-electron chi connectivity index (χ3n) is 4.68. The Labute approximate surface area is 153 Å². The third-order valence-corrected chi connectivity index (χ3v) is 4.68. The zero-order valence-corrected chi connectivity index (χ0v) is 15.4. The maximum absolute atomic E-state index is 12.7. The van der Waals surface area contributed by atoms with Crippen LogP contribution in [0.4, 0.5) is 11.4 Å². The van der Waals surface area contributed by atoms with E-state index in [0.717, 1.165) is 22.6 Å². The van der Waals surface area contributed by atoms with Crippen LogP contribution in [-0.4, -0.2) is 18.4 Å². The molecule has 1 aliphatic carbocycles. The van der Waals surface area contributed by atoms with Gasteiger partial charge >= 0.3 is 0 Å². The number of anilines is 2. The number of amides is 2. The molecule has 0 atom stereocenters. The molecule has 0 spiro atoms. The number of carbonyl (C=O) groups excluding carboxylic acids is 2. The molecule has 3 rings (SSSR count). The molecule has 26 heavy (non-hydrogen) atoms. The molecule has 1 aliphatic rings. The van der Waals surface area contributed by atoms with Crippen LogP contribution in [0.15, 0.2) is 42.5 Å². The van der Waals surface area contributed by atoms with Crippen LogP contribution in [-0.2, 0) is 9.59 Å². The average molecular weight is 352 g/mol. The Morgan fingerprint density at radius 1 is 1.00 bits per heavy atom. The number of benzene rings is 2. The molecule has 5 nitrogen and oxygen atoms in total. The Morgan fingerprint density at radius 3 is 2.27 bits per heavy atom. The average Bonchev–Trinajstić information content (AvgIpc) is 3.42. The van der Waals surface area contributed by atoms with Gasteiger partial charge in [-0.05, 0) is 75.1 Å². The molecular weight excluding hydrogens is 328 g/mol. The van der Waals surface area contributed by atoms with E-state index in [0.29, 0.717) is 25.1 Å². The second-order valence-corrected chi connectivity index (χ2v) is 6.77. The monoisotopic (exact) mass is 352 g/mol. The summed E-state index contributed by atoms with van der Waals surface area (Å²) in [6.45, 7) is 6.42. The van der Waals surface area contributed by atoms with Gasteiger partial charge in [-0.25, -0.2) is 0 Å². The summed E-state index contributed by atoms with van der Waals surface area (Å²) in [6, 6.07) is 13.0. The summed E-state index contributed by atoms with van der Waals surface area (Å²) < 4.78 is 5.39. The lowest BCUT2D eigenvalue weighted by atomic mass is 10.0. The highest BCUT2D eigenvalue weighted by Gasteiger charge is 2.56. The molecule has 0 aromatic heterocycles. The van der Waals surface area contributed by atoms with Gasteiger partial charge in [-0.1, -0.05) is 12.1 Å². The van der Waals surface area contributed by atoms with E-state index in [1.54, 1.807) is 24.3 Å². The fourth-order valence-corrected chi connectivity index (χ4v) is 2.85. The summed E-state index contributed by atoms with van der Waals surface area (Å²) in [5.74, 6) is 0.249. The van der Waals surface area contributed by atoms with Crippen molar-refractivity contribution < 1.29 is 14.3 Å². The van der Waals surface area contributed by atoms with Crippen molar-refractivity contribution in [2.45, 2.75) is 33.6 Å². The number of hydrogen-bond acceptors (Lipinski definition) is 3. The van der Waals surface area contributed by atoms with Gasteiger partial charge in [-0.3, -0.25) is 9.59 Å². The molecule has 0 unspecified atom stereocenters. The Bertz CT molecular complexity index is 824. The zero-order valence-electron chi connectivity index (χ0n) is 15.4. The lowest BCUT2D eigenvalue weighted by molar-refractivity contribution is -0.131. The fourth-order valence-electron chi connectivity index (χ4n) is 2.85. The van der Waals surface area contributed by atoms with Gasteiger partial charge < -0.3 is 15.4 Å². The van der Waals surface area contributed by atoms with E-state index in [9.17, 15) is 9.59 Å². The van der Waals surface area contributed by atoms with Gasteiger partial charge in [0.2, 0.25) is 11.8 Å². The van der Waals surface area contributed by atoms with E-state index >= 15 is 0 Å². The lowest BCUT2D eigenvalue weighted by Crippen LogP contribution is -2.35. The van der Waals surface area contributed by atoms with Crippen molar-refractivity contribution >= 4 is 23.2 Å². The first-order chi connectivity index (χ1) is 12.4. The molecular formula is C21H24N2O3. The zero-order chi connectivity index (χ0) is 18.7. The Morgan fingerprint density at radius 2 is 1.65 bits per heavy atom. The minimum atomic E-state index is -0.977. The van der Waals surface area contributed by atoms with Crippen LogP contribution in [0, 0.1) is 19.3 Å². The summed E-state index contributed by atoms with van der Waals surface area (Å²) in [4.78, 5) is 25.4. The van der Waals surface area contributed by atoms with Crippen molar-refractivity contribution in [2.24, 2.45) is 5.41 Å². The normalized spacial score (nSPS) is 14.4. The van der Waals surface area contributed by atoms with Crippen LogP contribution >= 0.6 is 0 Å². The van der Waals surface area contributed by atoms with Crippen LogP contribution in [0.25, 0.3) is 0 Å².